The smallest absolute Gasteiger partial charge is 0.224 e. The van der Waals surface area contributed by atoms with E-state index >= 15 is 0 Å². The summed E-state index contributed by atoms with van der Waals surface area (Å²) in [6, 6.07) is 3.95. The van der Waals surface area contributed by atoms with Gasteiger partial charge in [-0.3, -0.25) is 4.90 Å². The second kappa shape index (κ2) is 6.95. The van der Waals surface area contributed by atoms with E-state index in [1.54, 1.807) is 0 Å². The molecule has 1 aliphatic rings. The average Bonchev–Trinajstić information content (AvgIpc) is 3.06. The summed E-state index contributed by atoms with van der Waals surface area (Å²) in [5.74, 6) is 2.14. The summed E-state index contributed by atoms with van der Waals surface area (Å²) >= 11 is 0. The summed E-state index contributed by atoms with van der Waals surface area (Å²) in [4.78, 5) is 13.2. The van der Waals surface area contributed by atoms with Gasteiger partial charge in [0.1, 0.15) is 0 Å². The lowest BCUT2D eigenvalue weighted by Crippen LogP contribution is -2.33. The first-order valence-corrected chi connectivity index (χ1v) is 9.00. The van der Waals surface area contributed by atoms with Gasteiger partial charge in [0, 0.05) is 44.5 Å². The summed E-state index contributed by atoms with van der Waals surface area (Å²) < 4.78 is 1.91. The first-order valence-electron chi connectivity index (χ1n) is 9.00. The van der Waals surface area contributed by atoms with Gasteiger partial charge >= 0.3 is 0 Å². The van der Waals surface area contributed by atoms with Crippen molar-refractivity contribution in [1.82, 2.24) is 34.7 Å². The zero-order valence-corrected chi connectivity index (χ0v) is 15.5. The molecule has 8 heteroatoms. The van der Waals surface area contributed by atoms with Gasteiger partial charge in [0.05, 0.1) is 5.69 Å². The Labute approximate surface area is 152 Å². The molecule has 4 heterocycles. The van der Waals surface area contributed by atoms with E-state index in [-0.39, 0.29) is 0 Å². The lowest BCUT2D eigenvalue weighted by molar-refractivity contribution is 0.200. The molecular formula is C18H24N8. The zero-order chi connectivity index (χ0) is 18.1. The Morgan fingerprint density at radius 2 is 1.81 bits per heavy atom. The van der Waals surface area contributed by atoms with Crippen LogP contribution in [0, 0.1) is 6.92 Å². The Morgan fingerprint density at radius 1 is 1.08 bits per heavy atom. The van der Waals surface area contributed by atoms with Gasteiger partial charge in [0.2, 0.25) is 5.95 Å². The van der Waals surface area contributed by atoms with Crippen molar-refractivity contribution in [3.05, 3.63) is 41.6 Å². The quantitative estimate of drug-likeness (QED) is 0.707. The van der Waals surface area contributed by atoms with Crippen LogP contribution in [-0.2, 0) is 6.54 Å². The Balaban J connectivity index is 1.40. The Hall–Kier alpha value is -2.61. The molecule has 1 saturated heterocycles. The molecule has 0 radical (unpaired) electrons. The van der Waals surface area contributed by atoms with Gasteiger partial charge in [-0.2, -0.15) is 9.61 Å². The monoisotopic (exact) mass is 352 g/mol. The van der Waals surface area contributed by atoms with Crippen molar-refractivity contribution in [3.63, 3.8) is 0 Å². The number of nitrogens with zero attached hydrogens (tertiary/aromatic N) is 8. The van der Waals surface area contributed by atoms with E-state index in [0.717, 1.165) is 61.2 Å². The van der Waals surface area contributed by atoms with Crippen LogP contribution < -0.4 is 4.90 Å². The van der Waals surface area contributed by atoms with E-state index < -0.39 is 0 Å². The third-order valence-electron chi connectivity index (χ3n) is 4.87. The molecular weight excluding hydrogens is 328 g/mol. The van der Waals surface area contributed by atoms with Crippen LogP contribution in [0.3, 0.4) is 0 Å². The predicted molar refractivity (Wildman–Crippen MR) is 99.1 cm³/mol. The molecule has 1 fully saturated rings. The molecule has 0 saturated carbocycles. The van der Waals surface area contributed by atoms with E-state index in [0.29, 0.717) is 5.92 Å². The fraction of sp³-hybridized carbons (Fsp3) is 0.500. The first-order chi connectivity index (χ1) is 12.6. The van der Waals surface area contributed by atoms with E-state index in [2.05, 4.69) is 30.2 Å². The summed E-state index contributed by atoms with van der Waals surface area (Å²) in [5.41, 5.74) is 2.96. The second-order valence-electron chi connectivity index (χ2n) is 7.14. The minimum absolute atomic E-state index is 0.405. The van der Waals surface area contributed by atoms with E-state index in [1.807, 2.05) is 55.0 Å². The second-order valence-corrected chi connectivity index (χ2v) is 7.14. The fourth-order valence-electron chi connectivity index (χ4n) is 3.42. The lowest BCUT2D eigenvalue weighted by atomic mass is 9.96. The highest BCUT2D eigenvalue weighted by Crippen LogP contribution is 2.27. The number of hydrogen-bond donors (Lipinski definition) is 0. The zero-order valence-electron chi connectivity index (χ0n) is 15.5. The molecule has 8 nitrogen and oxygen atoms in total. The molecule has 0 N–H and O–H groups in total. The van der Waals surface area contributed by atoms with Crippen LogP contribution in [0.2, 0.25) is 0 Å². The maximum atomic E-state index is 4.58. The number of hydrogen-bond acceptors (Lipinski definition) is 7. The molecule has 0 amide bonds. The number of aromatic nitrogens is 6. The molecule has 0 bridgehead atoms. The molecule has 136 valence electrons. The fourth-order valence-corrected chi connectivity index (χ4v) is 3.42. The summed E-state index contributed by atoms with van der Waals surface area (Å²) in [7, 11) is 3.90. The Kier molecular flexibility index (Phi) is 4.50. The third kappa shape index (κ3) is 3.37. The minimum Gasteiger partial charge on any atom is -0.347 e. The molecule has 3 aromatic heterocycles. The molecule has 0 unspecified atom stereocenters. The highest BCUT2D eigenvalue weighted by atomic mass is 15.4. The van der Waals surface area contributed by atoms with Crippen LogP contribution in [0.1, 0.15) is 35.8 Å². The highest BCUT2D eigenvalue weighted by Gasteiger charge is 2.25. The number of anilines is 1. The van der Waals surface area contributed by atoms with Crippen molar-refractivity contribution in [2.45, 2.75) is 32.2 Å². The van der Waals surface area contributed by atoms with Crippen LogP contribution in [-0.4, -0.2) is 61.9 Å². The minimum atomic E-state index is 0.405. The van der Waals surface area contributed by atoms with Crippen LogP contribution in [0.25, 0.3) is 5.65 Å². The topological polar surface area (TPSA) is 75.3 Å². The van der Waals surface area contributed by atoms with Gasteiger partial charge in [-0.15, -0.1) is 10.2 Å². The van der Waals surface area contributed by atoms with Crippen LogP contribution >= 0.6 is 0 Å². The van der Waals surface area contributed by atoms with Crippen LogP contribution in [0.4, 0.5) is 5.95 Å². The number of likely N-dealkylation sites (tertiary alicyclic amines) is 1. The molecule has 3 aromatic rings. The molecule has 26 heavy (non-hydrogen) atoms. The normalized spacial score (nSPS) is 16.3. The Morgan fingerprint density at radius 3 is 2.50 bits per heavy atom. The maximum Gasteiger partial charge on any atom is 0.224 e. The molecule has 0 aromatic carbocycles. The summed E-state index contributed by atoms with van der Waals surface area (Å²) in [6.07, 6.45) is 5.97. The number of rotatable bonds is 4. The average molecular weight is 352 g/mol. The van der Waals surface area contributed by atoms with Gasteiger partial charge in [0.25, 0.3) is 0 Å². The van der Waals surface area contributed by atoms with Crippen molar-refractivity contribution >= 4 is 11.6 Å². The van der Waals surface area contributed by atoms with Gasteiger partial charge < -0.3 is 4.90 Å². The number of fused-ring (bicyclic) bond motifs is 1. The van der Waals surface area contributed by atoms with Gasteiger partial charge in [0.15, 0.2) is 11.5 Å². The van der Waals surface area contributed by atoms with Crippen molar-refractivity contribution < 1.29 is 0 Å². The summed E-state index contributed by atoms with van der Waals surface area (Å²) in [5, 5.41) is 13.2. The predicted octanol–water partition coefficient (Wildman–Crippen LogP) is 1.67. The number of aryl methyl sites for hydroxylation is 1. The largest absolute Gasteiger partial charge is 0.347 e. The van der Waals surface area contributed by atoms with E-state index in [1.165, 1.54) is 0 Å². The molecule has 0 spiro atoms. The Bertz CT molecular complexity index is 878. The van der Waals surface area contributed by atoms with Crippen molar-refractivity contribution in [2.75, 3.05) is 32.1 Å². The van der Waals surface area contributed by atoms with Crippen LogP contribution in [0.15, 0.2) is 24.5 Å². The molecule has 0 atom stereocenters. The van der Waals surface area contributed by atoms with E-state index in [9.17, 15) is 0 Å². The van der Waals surface area contributed by atoms with Crippen molar-refractivity contribution in [1.29, 1.82) is 0 Å². The molecule has 1 aliphatic heterocycles. The SMILES string of the molecule is Cc1ccc2nnc(C3CCN(Cc4cnc(N(C)C)nc4)CC3)n2n1. The van der Waals surface area contributed by atoms with Gasteiger partial charge in [-0.05, 0) is 45.0 Å². The van der Waals surface area contributed by atoms with Crippen LogP contribution in [0.5, 0.6) is 0 Å². The van der Waals surface area contributed by atoms with Gasteiger partial charge in [-0.1, -0.05) is 0 Å². The van der Waals surface area contributed by atoms with Crippen molar-refractivity contribution in [2.24, 2.45) is 0 Å². The highest BCUT2D eigenvalue weighted by molar-refractivity contribution is 5.36. The van der Waals surface area contributed by atoms with Crippen molar-refractivity contribution in [3.8, 4) is 0 Å². The third-order valence-corrected chi connectivity index (χ3v) is 4.87. The molecule has 4 rings (SSSR count). The lowest BCUT2D eigenvalue weighted by Gasteiger charge is -2.30. The number of piperidine rings is 1. The standard InChI is InChI=1S/C18H24N8/c1-13-4-5-16-21-22-17(26(16)23-13)15-6-8-25(9-7-15)12-14-10-19-18(20-11-14)24(2)3/h4-5,10-11,15H,6-9,12H2,1-3H3. The van der Waals surface area contributed by atoms with Gasteiger partial charge in [-0.25, -0.2) is 9.97 Å². The van der Waals surface area contributed by atoms with E-state index in [4.69, 9.17) is 0 Å². The maximum absolute atomic E-state index is 4.58. The summed E-state index contributed by atoms with van der Waals surface area (Å²) in [6.45, 7) is 4.94. The first kappa shape index (κ1) is 16.8. The molecule has 0 aliphatic carbocycles.